The number of carbonyl (C=O) groups is 2. The summed E-state index contributed by atoms with van der Waals surface area (Å²) in [6.45, 7) is 7.56. The van der Waals surface area contributed by atoms with Crippen molar-refractivity contribution < 1.29 is 9.59 Å². The van der Waals surface area contributed by atoms with E-state index in [4.69, 9.17) is 23.2 Å². The van der Waals surface area contributed by atoms with E-state index >= 15 is 0 Å². The van der Waals surface area contributed by atoms with Gasteiger partial charge >= 0.3 is 0 Å². The van der Waals surface area contributed by atoms with E-state index in [1.807, 2.05) is 50.5 Å². The first kappa shape index (κ1) is 19.1. The Morgan fingerprint density at radius 1 is 1.15 bits per heavy atom. The monoisotopic (exact) mass is 408 g/mol. The highest BCUT2D eigenvalue weighted by Gasteiger charge is 2.36. The molecule has 0 saturated carbocycles. The third kappa shape index (κ3) is 3.20. The minimum atomic E-state index is -0.249. The number of thioether (sulfide) groups is 1. The van der Waals surface area contributed by atoms with Gasteiger partial charge in [-0.2, -0.15) is 0 Å². The second kappa shape index (κ2) is 7.14. The Morgan fingerprint density at radius 3 is 2.46 bits per heavy atom. The van der Waals surface area contributed by atoms with Gasteiger partial charge < -0.3 is 4.57 Å². The SMILES string of the molecule is Cc1cc(/C=C2/SC(=O)N(C(C)C)C2=O)c(C)n1-c1cccc(Cl)c1Cl. The molecule has 4 nitrogen and oxygen atoms in total. The normalized spacial score (nSPS) is 16.4. The number of hydrogen-bond donors (Lipinski definition) is 0. The molecule has 136 valence electrons. The lowest BCUT2D eigenvalue weighted by Crippen LogP contribution is -2.34. The smallest absolute Gasteiger partial charge is 0.293 e. The largest absolute Gasteiger partial charge is 0.316 e. The zero-order valence-electron chi connectivity index (χ0n) is 14.8. The summed E-state index contributed by atoms with van der Waals surface area (Å²) < 4.78 is 1.99. The molecule has 0 aliphatic carbocycles. The summed E-state index contributed by atoms with van der Waals surface area (Å²) in [4.78, 5) is 26.3. The molecule has 0 radical (unpaired) electrons. The molecule has 3 rings (SSSR count). The van der Waals surface area contributed by atoms with Crippen LogP contribution in [0.5, 0.6) is 0 Å². The summed E-state index contributed by atoms with van der Waals surface area (Å²) >= 11 is 13.5. The third-order valence-electron chi connectivity index (χ3n) is 4.27. The molecule has 1 aromatic carbocycles. The Bertz CT molecular complexity index is 947. The molecule has 26 heavy (non-hydrogen) atoms. The van der Waals surface area contributed by atoms with Crippen molar-refractivity contribution >= 4 is 52.2 Å². The summed E-state index contributed by atoms with van der Waals surface area (Å²) in [5.74, 6) is -0.249. The van der Waals surface area contributed by atoms with Gasteiger partial charge in [-0.15, -0.1) is 0 Å². The van der Waals surface area contributed by atoms with Crippen molar-refractivity contribution in [2.75, 3.05) is 0 Å². The number of hydrogen-bond acceptors (Lipinski definition) is 3. The third-order valence-corrected chi connectivity index (χ3v) is 5.96. The number of aryl methyl sites for hydroxylation is 1. The highest BCUT2D eigenvalue weighted by Crippen LogP contribution is 2.36. The molecule has 2 aromatic rings. The first-order valence-electron chi connectivity index (χ1n) is 8.12. The molecule has 1 aromatic heterocycles. The molecule has 0 bridgehead atoms. The van der Waals surface area contributed by atoms with Crippen LogP contribution in [-0.4, -0.2) is 26.7 Å². The lowest BCUT2D eigenvalue weighted by molar-refractivity contribution is -0.123. The Hall–Kier alpha value is -1.69. The topological polar surface area (TPSA) is 42.3 Å². The van der Waals surface area contributed by atoms with E-state index in [1.54, 1.807) is 12.1 Å². The highest BCUT2D eigenvalue weighted by atomic mass is 35.5. The van der Waals surface area contributed by atoms with Crippen LogP contribution in [0.3, 0.4) is 0 Å². The van der Waals surface area contributed by atoms with Gasteiger partial charge in [-0.1, -0.05) is 29.3 Å². The second-order valence-electron chi connectivity index (χ2n) is 6.38. The number of halogens is 2. The summed E-state index contributed by atoms with van der Waals surface area (Å²) in [5, 5.41) is 0.724. The molecule has 1 aliphatic rings. The average molecular weight is 409 g/mol. The number of rotatable bonds is 3. The van der Waals surface area contributed by atoms with Crippen molar-refractivity contribution in [3.8, 4) is 5.69 Å². The van der Waals surface area contributed by atoms with Crippen molar-refractivity contribution in [3.63, 3.8) is 0 Å². The van der Waals surface area contributed by atoms with Gasteiger partial charge in [0, 0.05) is 17.4 Å². The van der Waals surface area contributed by atoms with Gasteiger partial charge in [-0.05, 0) is 69.3 Å². The van der Waals surface area contributed by atoms with Gasteiger partial charge in [0.15, 0.2) is 0 Å². The molecule has 2 amide bonds. The maximum Gasteiger partial charge on any atom is 0.293 e. The number of carbonyl (C=O) groups excluding carboxylic acids is 2. The van der Waals surface area contributed by atoms with Crippen molar-refractivity contribution in [1.29, 1.82) is 0 Å². The number of benzene rings is 1. The maximum absolute atomic E-state index is 12.5. The molecule has 1 fully saturated rings. The van der Waals surface area contributed by atoms with E-state index in [0.29, 0.717) is 15.0 Å². The standard InChI is InChI=1S/C19H18Cl2N2O2S/c1-10(2)22-18(24)16(26-19(22)25)9-13-8-11(3)23(12(13)4)15-7-5-6-14(20)17(15)21/h5-10H,1-4H3/b16-9+. The first-order valence-corrected chi connectivity index (χ1v) is 9.70. The molecule has 2 heterocycles. The lowest BCUT2D eigenvalue weighted by atomic mass is 10.2. The van der Waals surface area contributed by atoms with Crippen LogP contribution in [0.4, 0.5) is 4.79 Å². The predicted octanol–water partition coefficient (Wildman–Crippen LogP) is 5.85. The number of nitrogens with zero attached hydrogens (tertiary/aromatic N) is 2. The van der Waals surface area contributed by atoms with Crippen molar-refractivity contribution in [3.05, 3.63) is 56.2 Å². The van der Waals surface area contributed by atoms with E-state index in [-0.39, 0.29) is 17.2 Å². The minimum absolute atomic E-state index is 0.161. The Labute approximate surface area is 166 Å². The zero-order valence-corrected chi connectivity index (χ0v) is 17.2. The molecule has 7 heteroatoms. The van der Waals surface area contributed by atoms with Gasteiger partial charge in [0.05, 0.1) is 20.6 Å². The molecular formula is C19H18Cl2N2O2S. The Morgan fingerprint density at radius 2 is 1.85 bits per heavy atom. The van der Waals surface area contributed by atoms with E-state index in [9.17, 15) is 9.59 Å². The average Bonchev–Trinajstić information content (AvgIpc) is 2.99. The fourth-order valence-corrected chi connectivity index (χ4v) is 4.37. The molecule has 0 spiro atoms. The quantitative estimate of drug-likeness (QED) is 0.598. The van der Waals surface area contributed by atoms with Crippen LogP contribution in [-0.2, 0) is 4.79 Å². The fraction of sp³-hybridized carbons (Fsp3) is 0.263. The Kier molecular flexibility index (Phi) is 5.24. The van der Waals surface area contributed by atoms with Gasteiger partial charge in [0.2, 0.25) is 0 Å². The van der Waals surface area contributed by atoms with Gasteiger partial charge in [0.1, 0.15) is 0 Å². The maximum atomic E-state index is 12.5. The van der Waals surface area contributed by atoms with Crippen molar-refractivity contribution in [2.24, 2.45) is 0 Å². The summed E-state index contributed by atoms with van der Waals surface area (Å²) in [6, 6.07) is 7.28. The minimum Gasteiger partial charge on any atom is -0.316 e. The highest BCUT2D eigenvalue weighted by molar-refractivity contribution is 8.18. The fourth-order valence-electron chi connectivity index (χ4n) is 3.04. The van der Waals surface area contributed by atoms with E-state index in [0.717, 1.165) is 34.4 Å². The molecule has 0 N–H and O–H groups in total. The van der Waals surface area contributed by atoms with Crippen molar-refractivity contribution in [1.82, 2.24) is 9.47 Å². The van der Waals surface area contributed by atoms with Crippen LogP contribution >= 0.6 is 35.0 Å². The first-order chi connectivity index (χ1) is 12.2. The number of amides is 2. The van der Waals surface area contributed by atoms with Crippen LogP contribution in [0.1, 0.15) is 30.8 Å². The molecular weight excluding hydrogens is 391 g/mol. The van der Waals surface area contributed by atoms with Crippen LogP contribution in [0.2, 0.25) is 10.0 Å². The van der Waals surface area contributed by atoms with Gasteiger partial charge in [0.25, 0.3) is 11.1 Å². The predicted molar refractivity (Wildman–Crippen MR) is 108 cm³/mol. The zero-order chi connectivity index (χ0) is 19.2. The van der Waals surface area contributed by atoms with Gasteiger partial charge in [-0.25, -0.2) is 0 Å². The van der Waals surface area contributed by atoms with Gasteiger partial charge in [-0.3, -0.25) is 14.5 Å². The van der Waals surface area contributed by atoms with E-state index < -0.39 is 0 Å². The molecule has 0 unspecified atom stereocenters. The number of aromatic nitrogens is 1. The van der Waals surface area contributed by atoms with E-state index in [1.165, 1.54) is 4.90 Å². The summed E-state index contributed by atoms with van der Waals surface area (Å²) in [5.41, 5.74) is 3.53. The van der Waals surface area contributed by atoms with Crippen LogP contribution < -0.4 is 0 Å². The van der Waals surface area contributed by atoms with Crippen molar-refractivity contribution in [2.45, 2.75) is 33.7 Å². The Balaban J connectivity index is 2.06. The number of imide groups is 1. The molecule has 1 aliphatic heterocycles. The van der Waals surface area contributed by atoms with E-state index in [2.05, 4.69) is 0 Å². The molecule has 0 atom stereocenters. The second-order valence-corrected chi connectivity index (χ2v) is 8.16. The van der Waals surface area contributed by atoms with Crippen LogP contribution in [0.25, 0.3) is 11.8 Å². The summed E-state index contributed by atoms with van der Waals surface area (Å²) in [7, 11) is 0. The summed E-state index contributed by atoms with van der Waals surface area (Å²) in [6.07, 6.45) is 1.77. The molecule has 1 saturated heterocycles. The van der Waals surface area contributed by atoms with Crippen LogP contribution in [0, 0.1) is 13.8 Å². The van der Waals surface area contributed by atoms with Crippen LogP contribution in [0.15, 0.2) is 29.2 Å². The lowest BCUT2D eigenvalue weighted by Gasteiger charge is -2.16.